The SMILES string of the molecule is COc1nc(CC(=O)O)c(C2OCCO2)c(N[C@H](C)c2cccc(C(F)F)c2F)n1.[LiH]. The van der Waals surface area contributed by atoms with Crippen LogP contribution in [0.3, 0.4) is 0 Å². The Bertz CT molecular complexity index is 929. The van der Waals surface area contributed by atoms with Gasteiger partial charge in [0, 0.05) is 5.56 Å². The normalized spacial score (nSPS) is 14.9. The number of ether oxygens (including phenoxy) is 3. The summed E-state index contributed by atoms with van der Waals surface area (Å²) in [4.78, 5) is 19.6. The molecular formula is C19H21F3LiN3O5. The van der Waals surface area contributed by atoms with E-state index < -0.39 is 42.5 Å². The molecule has 2 heterocycles. The van der Waals surface area contributed by atoms with Crippen molar-refractivity contribution >= 4 is 30.6 Å². The molecule has 0 spiro atoms. The summed E-state index contributed by atoms with van der Waals surface area (Å²) < 4.78 is 56.7. The van der Waals surface area contributed by atoms with E-state index >= 15 is 0 Å². The molecule has 1 saturated heterocycles. The van der Waals surface area contributed by atoms with Crippen molar-refractivity contribution in [2.45, 2.75) is 32.1 Å². The maximum atomic E-state index is 14.6. The summed E-state index contributed by atoms with van der Waals surface area (Å²) in [5, 5.41) is 12.2. The molecule has 0 amide bonds. The molecule has 0 bridgehead atoms. The molecule has 1 aromatic heterocycles. The first-order valence-corrected chi connectivity index (χ1v) is 9.04. The van der Waals surface area contributed by atoms with Gasteiger partial charge in [-0.15, -0.1) is 0 Å². The van der Waals surface area contributed by atoms with Gasteiger partial charge in [0.2, 0.25) is 0 Å². The molecule has 1 aliphatic heterocycles. The fourth-order valence-electron chi connectivity index (χ4n) is 3.10. The van der Waals surface area contributed by atoms with E-state index in [1.807, 2.05) is 0 Å². The number of aromatic nitrogens is 2. The Kier molecular flexibility index (Phi) is 8.70. The molecule has 1 aliphatic rings. The zero-order chi connectivity index (χ0) is 21.8. The fraction of sp³-hybridized carbons (Fsp3) is 0.421. The van der Waals surface area contributed by atoms with Crippen molar-refractivity contribution in [3.63, 3.8) is 0 Å². The molecule has 0 saturated carbocycles. The van der Waals surface area contributed by atoms with E-state index in [9.17, 15) is 23.1 Å². The van der Waals surface area contributed by atoms with Gasteiger partial charge in [-0.2, -0.15) is 9.97 Å². The van der Waals surface area contributed by atoms with Gasteiger partial charge in [0.25, 0.3) is 6.43 Å². The van der Waals surface area contributed by atoms with Crippen LogP contribution in [-0.4, -0.2) is 60.2 Å². The molecule has 164 valence electrons. The molecule has 2 N–H and O–H groups in total. The van der Waals surface area contributed by atoms with Gasteiger partial charge in [0.05, 0.1) is 49.6 Å². The molecule has 0 aliphatic carbocycles. The van der Waals surface area contributed by atoms with Crippen molar-refractivity contribution in [2.75, 3.05) is 25.6 Å². The number of aliphatic carboxylic acids is 1. The van der Waals surface area contributed by atoms with Gasteiger partial charge in [0.15, 0.2) is 6.29 Å². The van der Waals surface area contributed by atoms with Crippen LogP contribution < -0.4 is 10.1 Å². The molecule has 1 fully saturated rings. The Morgan fingerprint density at radius 2 is 1.94 bits per heavy atom. The zero-order valence-electron chi connectivity index (χ0n) is 16.2. The number of rotatable bonds is 8. The second-order valence-electron chi connectivity index (χ2n) is 6.48. The number of hydrogen-bond donors (Lipinski definition) is 2. The third-order valence-corrected chi connectivity index (χ3v) is 4.48. The van der Waals surface area contributed by atoms with Crippen LogP contribution >= 0.6 is 0 Å². The van der Waals surface area contributed by atoms with Crippen LogP contribution in [-0.2, 0) is 20.7 Å². The number of benzene rings is 1. The molecule has 0 unspecified atom stereocenters. The molecule has 12 heteroatoms. The van der Waals surface area contributed by atoms with E-state index in [1.54, 1.807) is 6.92 Å². The summed E-state index contributed by atoms with van der Waals surface area (Å²) >= 11 is 0. The Morgan fingerprint density at radius 1 is 1.29 bits per heavy atom. The minimum atomic E-state index is -2.96. The van der Waals surface area contributed by atoms with Crippen LogP contribution in [0.25, 0.3) is 0 Å². The number of alkyl halides is 2. The van der Waals surface area contributed by atoms with Crippen molar-refractivity contribution in [1.82, 2.24) is 9.97 Å². The van der Waals surface area contributed by atoms with Gasteiger partial charge in [-0.25, -0.2) is 13.2 Å². The third-order valence-electron chi connectivity index (χ3n) is 4.48. The maximum absolute atomic E-state index is 14.6. The zero-order valence-corrected chi connectivity index (χ0v) is 16.2. The van der Waals surface area contributed by atoms with Gasteiger partial charge in [-0.1, -0.05) is 18.2 Å². The topological polar surface area (TPSA) is 103 Å². The van der Waals surface area contributed by atoms with Gasteiger partial charge >= 0.3 is 30.8 Å². The van der Waals surface area contributed by atoms with Crippen LogP contribution in [0.5, 0.6) is 6.01 Å². The van der Waals surface area contributed by atoms with Gasteiger partial charge < -0.3 is 24.6 Å². The van der Waals surface area contributed by atoms with Gasteiger partial charge in [0.1, 0.15) is 11.6 Å². The number of anilines is 1. The summed E-state index contributed by atoms with van der Waals surface area (Å²) in [5.74, 6) is -2.08. The Balaban J connectivity index is 0.00000341. The molecule has 31 heavy (non-hydrogen) atoms. The van der Waals surface area contributed by atoms with Crippen molar-refractivity contribution in [2.24, 2.45) is 0 Å². The quantitative estimate of drug-likeness (QED) is 0.611. The van der Waals surface area contributed by atoms with Gasteiger partial charge in [-0.05, 0) is 6.92 Å². The number of nitrogens with one attached hydrogen (secondary N) is 1. The summed E-state index contributed by atoms with van der Waals surface area (Å²) in [6.45, 7) is 2.12. The Labute approximate surface area is 188 Å². The van der Waals surface area contributed by atoms with Crippen molar-refractivity contribution < 1.29 is 37.3 Å². The number of carbonyl (C=O) groups is 1. The number of carboxylic acid groups (broad SMARTS) is 1. The predicted octanol–water partition coefficient (Wildman–Crippen LogP) is 2.76. The summed E-state index contributed by atoms with van der Waals surface area (Å²) in [5.41, 5.74) is -0.397. The Hall–Kier alpha value is -2.32. The van der Waals surface area contributed by atoms with Crippen molar-refractivity contribution in [3.05, 3.63) is 46.4 Å². The molecule has 8 nitrogen and oxygen atoms in total. The predicted molar refractivity (Wildman–Crippen MR) is 105 cm³/mol. The first-order valence-electron chi connectivity index (χ1n) is 9.04. The third kappa shape index (κ3) is 5.68. The molecule has 1 aromatic carbocycles. The second kappa shape index (κ2) is 10.8. The van der Waals surface area contributed by atoms with E-state index in [0.29, 0.717) is 0 Å². The van der Waals surface area contributed by atoms with Crippen LogP contribution in [0.15, 0.2) is 18.2 Å². The molecule has 2 aromatic rings. The average molecular weight is 435 g/mol. The Morgan fingerprint density at radius 3 is 2.52 bits per heavy atom. The van der Waals surface area contributed by atoms with Gasteiger partial charge in [-0.3, -0.25) is 4.79 Å². The first kappa shape index (κ1) is 24.9. The summed E-state index contributed by atoms with van der Waals surface area (Å²) in [7, 11) is 1.31. The van der Waals surface area contributed by atoms with Crippen molar-refractivity contribution in [3.8, 4) is 6.01 Å². The second-order valence-corrected chi connectivity index (χ2v) is 6.48. The van der Waals surface area contributed by atoms with E-state index in [1.165, 1.54) is 19.2 Å². The minimum absolute atomic E-state index is 0. The van der Waals surface area contributed by atoms with Crippen LogP contribution in [0.1, 0.15) is 48.1 Å². The number of halogens is 3. The van der Waals surface area contributed by atoms with Crippen LogP contribution in [0, 0.1) is 5.82 Å². The average Bonchev–Trinajstić information content (AvgIpc) is 3.21. The van der Waals surface area contributed by atoms with E-state index in [2.05, 4.69) is 15.3 Å². The molecule has 1 atom stereocenters. The number of hydrogen-bond acceptors (Lipinski definition) is 7. The molecular weight excluding hydrogens is 414 g/mol. The number of carboxylic acids is 1. The standard InChI is InChI=1S/C19H20F3N3O5.Li.H/c1-9(10-4-3-5-11(15(10)20)16(21)22)23-17-14(18-29-6-7-30-18)12(8-13(26)27)24-19(25-17)28-2;;/h3-5,9,16,18H,6-8H2,1-2H3,(H,26,27)(H,23,24,25);;/t9-;;/m1../s1. The monoisotopic (exact) mass is 435 g/mol. The summed E-state index contributed by atoms with van der Waals surface area (Å²) in [6.07, 6.45) is -4.36. The van der Waals surface area contributed by atoms with E-state index in [-0.39, 0.29) is 60.7 Å². The van der Waals surface area contributed by atoms with Crippen LogP contribution in [0.4, 0.5) is 19.0 Å². The number of methoxy groups -OCH3 is 1. The van der Waals surface area contributed by atoms with Crippen molar-refractivity contribution in [1.29, 1.82) is 0 Å². The number of nitrogens with zero attached hydrogens (tertiary/aromatic N) is 2. The molecule has 3 rings (SSSR count). The summed E-state index contributed by atoms with van der Waals surface area (Å²) in [6, 6.07) is 2.79. The van der Waals surface area contributed by atoms with Crippen LogP contribution in [0.2, 0.25) is 0 Å². The van der Waals surface area contributed by atoms with E-state index in [4.69, 9.17) is 14.2 Å². The fourth-order valence-corrected chi connectivity index (χ4v) is 3.10. The first-order chi connectivity index (χ1) is 14.3. The van der Waals surface area contributed by atoms with E-state index in [0.717, 1.165) is 6.07 Å². The molecule has 0 radical (unpaired) electrons.